The Kier molecular flexibility index (Phi) is 6.26. The summed E-state index contributed by atoms with van der Waals surface area (Å²) in [6.07, 6.45) is 4.53. The first-order valence-corrected chi connectivity index (χ1v) is 10.2. The molecule has 0 aromatic heterocycles. The summed E-state index contributed by atoms with van der Waals surface area (Å²) in [4.78, 5) is 26.7. The van der Waals surface area contributed by atoms with Gasteiger partial charge in [0.15, 0.2) is 22.7 Å². The molecule has 2 N–H and O–H groups in total. The molecule has 2 atom stereocenters. The molecule has 2 rings (SSSR count). The molecule has 2 amide bonds. The van der Waals surface area contributed by atoms with E-state index in [9.17, 15) is 19.8 Å². The molecule has 2 heterocycles. The van der Waals surface area contributed by atoms with Crippen molar-refractivity contribution < 1.29 is 29.3 Å². The van der Waals surface area contributed by atoms with Gasteiger partial charge in [0.2, 0.25) is 0 Å². The maximum absolute atomic E-state index is 11.9. The van der Waals surface area contributed by atoms with Crippen molar-refractivity contribution in [3.63, 3.8) is 0 Å². The molecule has 0 bridgehead atoms. The Labute approximate surface area is 167 Å². The molecule has 0 unspecified atom stereocenters. The summed E-state index contributed by atoms with van der Waals surface area (Å²) in [5, 5.41) is 21.1. The van der Waals surface area contributed by atoms with Crippen molar-refractivity contribution in [1.29, 1.82) is 0 Å². The summed E-state index contributed by atoms with van der Waals surface area (Å²) in [5.74, 6) is 0. The fraction of sp³-hybridized carbons (Fsp3) is 0.900. The summed E-state index contributed by atoms with van der Waals surface area (Å²) < 4.78 is 10.5. The van der Waals surface area contributed by atoms with Crippen LogP contribution in [0.3, 0.4) is 0 Å². The fourth-order valence-corrected chi connectivity index (χ4v) is 3.61. The van der Waals surface area contributed by atoms with Gasteiger partial charge < -0.3 is 19.7 Å². The van der Waals surface area contributed by atoms with Gasteiger partial charge in [-0.2, -0.15) is 0 Å². The maximum atomic E-state index is 11.9. The molecular weight excluding hydrogens is 364 g/mol. The lowest BCUT2D eigenvalue weighted by Gasteiger charge is -2.35. The zero-order valence-electron chi connectivity index (χ0n) is 18.1. The van der Waals surface area contributed by atoms with Crippen LogP contribution < -0.4 is 0 Å². The number of rotatable bonds is 9. The van der Waals surface area contributed by atoms with Crippen LogP contribution in [0.5, 0.6) is 0 Å². The van der Waals surface area contributed by atoms with Gasteiger partial charge in [-0.3, -0.25) is 9.80 Å². The van der Waals surface area contributed by atoms with Gasteiger partial charge in [-0.1, -0.05) is 25.7 Å². The average Bonchev–Trinajstić information content (AvgIpc) is 2.78. The highest BCUT2D eigenvalue weighted by Crippen LogP contribution is 2.38. The lowest BCUT2D eigenvalue weighted by atomic mass is 9.95. The van der Waals surface area contributed by atoms with Gasteiger partial charge in [-0.15, -0.1) is 0 Å². The van der Waals surface area contributed by atoms with E-state index in [1.165, 1.54) is 9.80 Å². The van der Waals surface area contributed by atoms with E-state index in [1.807, 2.05) is 0 Å². The monoisotopic (exact) mass is 400 g/mol. The van der Waals surface area contributed by atoms with Crippen LogP contribution in [0.15, 0.2) is 0 Å². The van der Waals surface area contributed by atoms with Crippen molar-refractivity contribution in [3.8, 4) is 0 Å². The fourth-order valence-electron chi connectivity index (χ4n) is 3.61. The maximum Gasteiger partial charge on any atom is 0.412 e. The molecular formula is C20H36N2O6. The van der Waals surface area contributed by atoms with E-state index in [1.54, 1.807) is 41.5 Å². The molecule has 2 saturated heterocycles. The second-order valence-corrected chi connectivity index (χ2v) is 9.22. The first-order chi connectivity index (χ1) is 12.7. The van der Waals surface area contributed by atoms with E-state index < -0.39 is 34.8 Å². The molecule has 8 nitrogen and oxygen atoms in total. The number of amides is 2. The predicted molar refractivity (Wildman–Crippen MR) is 103 cm³/mol. The van der Waals surface area contributed by atoms with Gasteiger partial charge in [0.25, 0.3) is 0 Å². The van der Waals surface area contributed by atoms with Gasteiger partial charge in [0.05, 0.1) is 0 Å². The van der Waals surface area contributed by atoms with Crippen molar-refractivity contribution in [2.75, 3.05) is 13.1 Å². The molecule has 0 aliphatic carbocycles. The van der Waals surface area contributed by atoms with Crippen LogP contribution in [0.4, 0.5) is 9.59 Å². The van der Waals surface area contributed by atoms with Crippen LogP contribution in [0.25, 0.3) is 0 Å². The van der Waals surface area contributed by atoms with Crippen molar-refractivity contribution >= 4 is 12.2 Å². The quantitative estimate of drug-likeness (QED) is 0.577. The van der Waals surface area contributed by atoms with Crippen LogP contribution >= 0.6 is 0 Å². The summed E-state index contributed by atoms with van der Waals surface area (Å²) in [6.45, 7) is 11.0. The smallest absolute Gasteiger partial charge is 0.412 e. The molecule has 2 fully saturated rings. The van der Waals surface area contributed by atoms with E-state index in [2.05, 4.69) is 0 Å². The van der Waals surface area contributed by atoms with Crippen LogP contribution in [0, 0.1) is 0 Å². The number of aliphatic hydroxyl groups is 2. The number of hydrogen-bond acceptors (Lipinski definition) is 6. The zero-order valence-corrected chi connectivity index (χ0v) is 18.1. The Morgan fingerprint density at radius 1 is 0.643 bits per heavy atom. The van der Waals surface area contributed by atoms with Gasteiger partial charge >= 0.3 is 12.2 Å². The minimum absolute atomic E-state index is 0.465. The third-order valence-corrected chi connectivity index (χ3v) is 6.47. The summed E-state index contributed by atoms with van der Waals surface area (Å²) in [6, 6.07) is 0. The molecule has 162 valence electrons. The van der Waals surface area contributed by atoms with E-state index in [0.29, 0.717) is 13.1 Å². The van der Waals surface area contributed by atoms with Crippen molar-refractivity contribution in [3.05, 3.63) is 0 Å². The highest BCUT2D eigenvalue weighted by atomic mass is 16.6. The summed E-state index contributed by atoms with van der Waals surface area (Å²) >= 11 is 0. The van der Waals surface area contributed by atoms with Crippen molar-refractivity contribution in [1.82, 2.24) is 9.80 Å². The van der Waals surface area contributed by atoms with Crippen molar-refractivity contribution in [2.24, 2.45) is 0 Å². The van der Waals surface area contributed by atoms with E-state index in [4.69, 9.17) is 9.47 Å². The summed E-state index contributed by atoms with van der Waals surface area (Å²) in [5.41, 5.74) is -4.45. The summed E-state index contributed by atoms with van der Waals surface area (Å²) in [7, 11) is 0. The SMILES string of the molecule is CC1(C)OC(=O)N(CCCCCCCCN2C(=O)OC(C)(C)[C@]2(C)O)[C@]1(C)O. The van der Waals surface area contributed by atoms with Crippen LogP contribution in [0.2, 0.25) is 0 Å². The number of ether oxygens (including phenoxy) is 2. The molecule has 0 saturated carbocycles. The molecule has 0 aromatic carbocycles. The van der Waals surface area contributed by atoms with Crippen LogP contribution in [-0.2, 0) is 9.47 Å². The van der Waals surface area contributed by atoms with E-state index in [0.717, 1.165) is 38.5 Å². The molecule has 2 aliphatic heterocycles. The predicted octanol–water partition coefficient (Wildman–Crippen LogP) is 3.21. The lowest BCUT2D eigenvalue weighted by Crippen LogP contribution is -2.53. The van der Waals surface area contributed by atoms with E-state index in [-0.39, 0.29) is 0 Å². The first kappa shape index (κ1) is 22.7. The van der Waals surface area contributed by atoms with Crippen LogP contribution in [0.1, 0.15) is 80.1 Å². The average molecular weight is 401 g/mol. The Bertz CT molecular complexity index is 548. The van der Waals surface area contributed by atoms with Gasteiger partial charge in [0.1, 0.15) is 0 Å². The molecule has 8 heteroatoms. The number of cyclic esters (lactones) is 2. The Hall–Kier alpha value is -1.54. The highest BCUT2D eigenvalue weighted by molar-refractivity contribution is 5.72. The Morgan fingerprint density at radius 3 is 1.18 bits per heavy atom. The minimum atomic E-state index is -1.31. The number of hydrogen-bond donors (Lipinski definition) is 2. The highest BCUT2D eigenvalue weighted by Gasteiger charge is 2.57. The van der Waals surface area contributed by atoms with Crippen LogP contribution in [-0.4, -0.2) is 67.9 Å². The number of carbonyl (C=O) groups excluding carboxylic acids is 2. The van der Waals surface area contributed by atoms with E-state index >= 15 is 0 Å². The Balaban J connectivity index is 1.62. The molecule has 0 aromatic rings. The third-order valence-electron chi connectivity index (χ3n) is 6.47. The molecule has 2 aliphatic rings. The number of nitrogens with zero attached hydrogens (tertiary/aromatic N) is 2. The van der Waals surface area contributed by atoms with Gasteiger partial charge in [0, 0.05) is 13.1 Å². The van der Waals surface area contributed by atoms with Gasteiger partial charge in [-0.05, 0) is 54.4 Å². The second-order valence-electron chi connectivity index (χ2n) is 9.22. The number of unbranched alkanes of at least 4 members (excludes halogenated alkanes) is 5. The Morgan fingerprint density at radius 2 is 0.929 bits per heavy atom. The van der Waals surface area contributed by atoms with Crippen molar-refractivity contribution in [2.45, 2.75) is 103 Å². The minimum Gasteiger partial charge on any atom is -0.438 e. The van der Waals surface area contributed by atoms with Gasteiger partial charge in [-0.25, -0.2) is 9.59 Å². The molecule has 0 spiro atoms. The molecule has 0 radical (unpaired) electrons. The topological polar surface area (TPSA) is 99.5 Å². The standard InChI is InChI=1S/C20H36N2O6/c1-17(2)19(5,25)21(15(23)27-17)13-11-9-7-8-10-12-14-22-16(24)28-18(3,4)20(22,6)26/h25-26H,7-14H2,1-6H3/t19-,20+. The second kappa shape index (κ2) is 7.71. The first-order valence-electron chi connectivity index (χ1n) is 10.2. The third kappa shape index (κ3) is 4.08. The number of carbonyl (C=O) groups is 2. The normalized spacial score (nSPS) is 31.3. The lowest BCUT2D eigenvalue weighted by molar-refractivity contribution is -0.127. The zero-order chi connectivity index (χ0) is 21.4. The molecule has 28 heavy (non-hydrogen) atoms. The largest absolute Gasteiger partial charge is 0.438 e.